The molecule has 100 valence electrons. The molecule has 0 saturated heterocycles. The summed E-state index contributed by atoms with van der Waals surface area (Å²) in [6.07, 6.45) is -0.339. The molecule has 1 atom stereocenters. The maximum absolute atomic E-state index is 10.8. The third-order valence-electron chi connectivity index (χ3n) is 3.10. The molecular weight excluding hydrogens is 244 g/mol. The summed E-state index contributed by atoms with van der Waals surface area (Å²) in [6.45, 7) is 5.83. The van der Waals surface area contributed by atoms with Crippen LogP contribution in [0, 0.1) is 13.8 Å². The first-order valence-corrected chi connectivity index (χ1v) is 6.05. The quantitative estimate of drug-likeness (QED) is 0.909. The zero-order valence-electron chi connectivity index (χ0n) is 11.1. The van der Waals surface area contributed by atoms with Crippen molar-refractivity contribution in [1.82, 2.24) is 0 Å². The van der Waals surface area contributed by atoms with Crippen LogP contribution >= 0.6 is 0 Å². The summed E-state index contributed by atoms with van der Waals surface area (Å²) in [5.41, 5.74) is 2.22. The van der Waals surface area contributed by atoms with E-state index >= 15 is 0 Å². The molecule has 0 fully saturated rings. The van der Waals surface area contributed by atoms with E-state index in [1.54, 1.807) is 6.07 Å². The van der Waals surface area contributed by atoms with Crippen molar-refractivity contribution in [3.63, 3.8) is 0 Å². The lowest BCUT2D eigenvalue weighted by atomic mass is 10.1. The second kappa shape index (κ2) is 5.18. The second-order valence-corrected chi connectivity index (χ2v) is 4.47. The fourth-order valence-electron chi connectivity index (χ4n) is 1.79. The molecule has 1 heterocycles. The number of aromatic carboxylic acids is 1. The Morgan fingerprint density at radius 3 is 2.63 bits per heavy atom. The van der Waals surface area contributed by atoms with E-state index < -0.39 is 5.97 Å². The Morgan fingerprint density at radius 1 is 1.26 bits per heavy atom. The van der Waals surface area contributed by atoms with Crippen molar-refractivity contribution in [3.05, 3.63) is 53.0 Å². The molecule has 0 radical (unpaired) electrons. The molecule has 0 aliphatic rings. The number of hydrogen-bond acceptors (Lipinski definition) is 3. The van der Waals surface area contributed by atoms with Gasteiger partial charge in [-0.15, -0.1) is 0 Å². The van der Waals surface area contributed by atoms with Crippen molar-refractivity contribution < 1.29 is 19.1 Å². The summed E-state index contributed by atoms with van der Waals surface area (Å²) in [4.78, 5) is 10.8. The Kier molecular flexibility index (Phi) is 3.60. The van der Waals surface area contributed by atoms with Crippen LogP contribution in [0.5, 0.6) is 5.75 Å². The third-order valence-corrected chi connectivity index (χ3v) is 3.10. The smallest absolute Gasteiger partial charge is 0.371 e. The van der Waals surface area contributed by atoms with Gasteiger partial charge >= 0.3 is 5.97 Å². The van der Waals surface area contributed by atoms with Gasteiger partial charge in [-0.05, 0) is 50.1 Å². The lowest BCUT2D eigenvalue weighted by Crippen LogP contribution is -2.03. The molecule has 1 unspecified atom stereocenters. The molecular formula is C15H16O4. The van der Waals surface area contributed by atoms with Crippen LogP contribution in [0.3, 0.4) is 0 Å². The maximum Gasteiger partial charge on any atom is 0.371 e. The van der Waals surface area contributed by atoms with Crippen LogP contribution < -0.4 is 4.74 Å². The molecule has 4 nitrogen and oxygen atoms in total. The molecule has 0 bridgehead atoms. The first-order chi connectivity index (χ1) is 8.99. The van der Waals surface area contributed by atoms with Crippen molar-refractivity contribution in [2.45, 2.75) is 26.9 Å². The van der Waals surface area contributed by atoms with E-state index in [0.717, 1.165) is 16.9 Å². The topological polar surface area (TPSA) is 59.7 Å². The summed E-state index contributed by atoms with van der Waals surface area (Å²) in [6, 6.07) is 8.89. The molecule has 0 aliphatic carbocycles. The van der Waals surface area contributed by atoms with Crippen LogP contribution in [0.25, 0.3) is 0 Å². The van der Waals surface area contributed by atoms with Gasteiger partial charge < -0.3 is 14.3 Å². The summed E-state index contributed by atoms with van der Waals surface area (Å²) in [5.74, 6) is 0.121. The van der Waals surface area contributed by atoms with E-state index in [-0.39, 0.29) is 11.9 Å². The van der Waals surface area contributed by atoms with Crippen molar-refractivity contribution in [1.29, 1.82) is 0 Å². The summed E-state index contributed by atoms with van der Waals surface area (Å²) in [5, 5.41) is 8.82. The van der Waals surface area contributed by atoms with Gasteiger partial charge in [0.1, 0.15) is 11.5 Å². The highest BCUT2D eigenvalue weighted by atomic mass is 16.5. The number of carboxylic acid groups (broad SMARTS) is 1. The molecule has 0 amide bonds. The summed E-state index contributed by atoms with van der Waals surface area (Å²) >= 11 is 0. The van der Waals surface area contributed by atoms with E-state index in [1.807, 2.05) is 39.0 Å². The van der Waals surface area contributed by atoms with E-state index in [0.29, 0.717) is 5.76 Å². The van der Waals surface area contributed by atoms with Crippen molar-refractivity contribution in [2.75, 3.05) is 0 Å². The van der Waals surface area contributed by atoms with Gasteiger partial charge in [-0.1, -0.05) is 12.1 Å². The Bertz CT molecular complexity index is 598. The molecule has 0 spiro atoms. The van der Waals surface area contributed by atoms with Crippen LogP contribution in [0.4, 0.5) is 0 Å². The summed E-state index contributed by atoms with van der Waals surface area (Å²) < 4.78 is 11.0. The van der Waals surface area contributed by atoms with Crippen LogP contribution in [0.15, 0.2) is 34.7 Å². The van der Waals surface area contributed by atoms with Crippen LogP contribution in [0.1, 0.15) is 40.5 Å². The van der Waals surface area contributed by atoms with Crippen LogP contribution in [-0.4, -0.2) is 11.1 Å². The van der Waals surface area contributed by atoms with E-state index in [1.165, 1.54) is 6.07 Å². The van der Waals surface area contributed by atoms with Gasteiger partial charge in [0.05, 0.1) is 0 Å². The SMILES string of the molecule is Cc1cccc(OC(C)c2ccc(C(=O)O)o2)c1C. The van der Waals surface area contributed by atoms with Gasteiger partial charge in [-0.25, -0.2) is 4.79 Å². The number of rotatable bonds is 4. The Morgan fingerprint density at radius 2 is 2.00 bits per heavy atom. The van der Waals surface area contributed by atoms with Gasteiger partial charge in [-0.2, -0.15) is 0 Å². The predicted molar refractivity (Wildman–Crippen MR) is 70.6 cm³/mol. The molecule has 2 rings (SSSR count). The number of aryl methyl sites for hydroxylation is 1. The first kappa shape index (κ1) is 13.2. The molecule has 4 heteroatoms. The van der Waals surface area contributed by atoms with Crippen LogP contribution in [-0.2, 0) is 0 Å². The fourth-order valence-corrected chi connectivity index (χ4v) is 1.79. The minimum Gasteiger partial charge on any atom is -0.483 e. The molecule has 1 N–H and O–H groups in total. The average molecular weight is 260 g/mol. The molecule has 1 aromatic heterocycles. The zero-order chi connectivity index (χ0) is 14.0. The van der Waals surface area contributed by atoms with E-state index in [9.17, 15) is 4.79 Å². The normalized spacial score (nSPS) is 12.2. The van der Waals surface area contributed by atoms with Gasteiger partial charge in [0.2, 0.25) is 5.76 Å². The largest absolute Gasteiger partial charge is 0.483 e. The van der Waals surface area contributed by atoms with Crippen molar-refractivity contribution in [3.8, 4) is 5.75 Å². The Labute approximate surface area is 111 Å². The lowest BCUT2D eigenvalue weighted by Gasteiger charge is -2.15. The third kappa shape index (κ3) is 2.78. The van der Waals surface area contributed by atoms with E-state index in [4.69, 9.17) is 14.3 Å². The monoisotopic (exact) mass is 260 g/mol. The molecule has 19 heavy (non-hydrogen) atoms. The van der Waals surface area contributed by atoms with Gasteiger partial charge in [-0.3, -0.25) is 0 Å². The standard InChI is InChI=1S/C15H16O4/c1-9-5-4-6-12(10(9)2)18-11(3)13-7-8-14(19-13)15(16)17/h4-8,11H,1-3H3,(H,16,17). The number of ether oxygens (including phenoxy) is 1. The van der Waals surface area contributed by atoms with Crippen molar-refractivity contribution in [2.24, 2.45) is 0 Å². The Hall–Kier alpha value is -2.23. The maximum atomic E-state index is 10.8. The average Bonchev–Trinajstić information content (AvgIpc) is 2.84. The number of carboxylic acids is 1. The van der Waals surface area contributed by atoms with Gasteiger partial charge in [0.25, 0.3) is 0 Å². The number of furan rings is 1. The molecule has 2 aromatic rings. The lowest BCUT2D eigenvalue weighted by molar-refractivity contribution is 0.0655. The summed E-state index contributed by atoms with van der Waals surface area (Å²) in [7, 11) is 0. The van der Waals surface area contributed by atoms with E-state index in [2.05, 4.69) is 0 Å². The second-order valence-electron chi connectivity index (χ2n) is 4.47. The fraction of sp³-hybridized carbons (Fsp3) is 0.267. The van der Waals surface area contributed by atoms with Gasteiger partial charge in [0, 0.05) is 0 Å². The number of benzene rings is 1. The van der Waals surface area contributed by atoms with Crippen LogP contribution in [0.2, 0.25) is 0 Å². The van der Waals surface area contributed by atoms with Crippen molar-refractivity contribution >= 4 is 5.97 Å². The number of carbonyl (C=O) groups is 1. The highest BCUT2D eigenvalue weighted by Crippen LogP contribution is 2.27. The number of hydrogen-bond donors (Lipinski definition) is 1. The minimum atomic E-state index is -1.08. The molecule has 1 aromatic carbocycles. The highest BCUT2D eigenvalue weighted by molar-refractivity contribution is 5.84. The van der Waals surface area contributed by atoms with Gasteiger partial charge in [0.15, 0.2) is 6.10 Å². The minimum absolute atomic E-state index is 0.0774. The predicted octanol–water partition coefficient (Wildman–Crippen LogP) is 3.73. The highest BCUT2D eigenvalue weighted by Gasteiger charge is 2.16. The Balaban J connectivity index is 2.18. The zero-order valence-corrected chi connectivity index (χ0v) is 11.1. The first-order valence-electron chi connectivity index (χ1n) is 6.05. The molecule has 0 aliphatic heterocycles. The molecule has 0 saturated carbocycles.